The van der Waals surface area contributed by atoms with Gasteiger partial charge in [-0.25, -0.2) is 0 Å². The van der Waals surface area contributed by atoms with E-state index in [1.807, 2.05) is 13.0 Å². The number of hydrogen-bond acceptors (Lipinski definition) is 3. The molecule has 0 aliphatic heterocycles. The third-order valence-electron chi connectivity index (χ3n) is 4.14. The molecule has 1 heterocycles. The number of aryl methyl sites for hydroxylation is 1. The van der Waals surface area contributed by atoms with E-state index in [1.165, 1.54) is 37.0 Å². The quantitative estimate of drug-likeness (QED) is 0.907. The molecule has 2 rings (SSSR count). The van der Waals surface area contributed by atoms with Crippen LogP contribution in [0.4, 0.5) is 0 Å². The van der Waals surface area contributed by atoms with Crippen LogP contribution in [0.3, 0.4) is 0 Å². The van der Waals surface area contributed by atoms with Crippen LogP contribution in [0.25, 0.3) is 0 Å². The van der Waals surface area contributed by atoms with Crippen LogP contribution >= 0.6 is 27.3 Å². The summed E-state index contributed by atoms with van der Waals surface area (Å²) in [5.74, 6) is 0.0481. The summed E-state index contributed by atoms with van der Waals surface area (Å²) >= 11 is 4.97. The molecule has 1 aliphatic carbocycles. The Hall–Kier alpha value is -0.390. The minimum Gasteiger partial charge on any atom is -0.349 e. The molecule has 0 aromatic carbocycles. The van der Waals surface area contributed by atoms with Gasteiger partial charge in [-0.05, 0) is 61.4 Å². The molecule has 1 aromatic heterocycles. The van der Waals surface area contributed by atoms with Crippen molar-refractivity contribution < 1.29 is 4.79 Å². The topological polar surface area (TPSA) is 32.3 Å². The highest BCUT2D eigenvalue weighted by Gasteiger charge is 2.36. The monoisotopic (exact) mass is 344 g/mol. The van der Waals surface area contributed by atoms with E-state index >= 15 is 0 Å². The van der Waals surface area contributed by atoms with Gasteiger partial charge < -0.3 is 10.2 Å². The van der Waals surface area contributed by atoms with Gasteiger partial charge in [-0.15, -0.1) is 11.3 Å². The molecule has 0 atom stereocenters. The van der Waals surface area contributed by atoms with Crippen LogP contribution in [0.15, 0.2) is 9.85 Å². The number of halogens is 1. The predicted molar refractivity (Wildman–Crippen MR) is 84.0 cm³/mol. The first-order valence-electron chi connectivity index (χ1n) is 6.66. The summed E-state index contributed by atoms with van der Waals surface area (Å²) in [5, 5.41) is 3.11. The van der Waals surface area contributed by atoms with Crippen molar-refractivity contribution in [3.63, 3.8) is 0 Å². The zero-order valence-electron chi connectivity index (χ0n) is 11.8. The van der Waals surface area contributed by atoms with Crippen molar-refractivity contribution in [2.45, 2.75) is 38.1 Å². The lowest BCUT2D eigenvalue weighted by Gasteiger charge is -2.36. The second-order valence-electron chi connectivity index (χ2n) is 5.58. The van der Waals surface area contributed by atoms with E-state index < -0.39 is 0 Å². The third kappa shape index (κ3) is 3.20. The highest BCUT2D eigenvalue weighted by Crippen LogP contribution is 2.33. The van der Waals surface area contributed by atoms with Gasteiger partial charge in [0.2, 0.25) is 0 Å². The number of hydrogen-bond donors (Lipinski definition) is 1. The molecule has 0 radical (unpaired) electrons. The SMILES string of the molecule is Cc1cc(C(=O)NCC2(N(C)C)CCCC2)sc1Br. The second kappa shape index (κ2) is 5.94. The van der Waals surface area contributed by atoms with E-state index in [-0.39, 0.29) is 11.4 Å². The standard InChI is InChI=1S/C14H21BrN2OS/c1-10-8-11(19-12(10)15)13(18)16-9-14(17(2)3)6-4-5-7-14/h8H,4-7,9H2,1-3H3,(H,16,18). The van der Waals surface area contributed by atoms with E-state index in [4.69, 9.17) is 0 Å². The highest BCUT2D eigenvalue weighted by molar-refractivity contribution is 9.11. The lowest BCUT2D eigenvalue weighted by molar-refractivity contribution is 0.0904. The van der Waals surface area contributed by atoms with Gasteiger partial charge in [-0.1, -0.05) is 12.8 Å². The van der Waals surface area contributed by atoms with Gasteiger partial charge in [0.25, 0.3) is 5.91 Å². The van der Waals surface area contributed by atoms with Gasteiger partial charge in [0.05, 0.1) is 8.66 Å². The molecule has 0 bridgehead atoms. The summed E-state index contributed by atoms with van der Waals surface area (Å²) in [5.41, 5.74) is 1.28. The molecule has 1 aliphatic rings. The first kappa shape index (κ1) is 15.0. The zero-order chi connectivity index (χ0) is 14.0. The molecular weight excluding hydrogens is 324 g/mol. The summed E-state index contributed by atoms with van der Waals surface area (Å²) in [7, 11) is 4.23. The maximum Gasteiger partial charge on any atom is 0.261 e. The van der Waals surface area contributed by atoms with Gasteiger partial charge in [-0.2, -0.15) is 0 Å². The van der Waals surface area contributed by atoms with Crippen LogP contribution < -0.4 is 5.32 Å². The van der Waals surface area contributed by atoms with Gasteiger partial charge in [0.1, 0.15) is 0 Å². The Kier molecular flexibility index (Phi) is 4.69. The van der Waals surface area contributed by atoms with Crippen LogP contribution in [0.2, 0.25) is 0 Å². The molecular formula is C14H21BrN2OS. The summed E-state index contributed by atoms with van der Waals surface area (Å²) in [6, 6.07) is 1.95. The molecule has 1 aromatic rings. The molecule has 1 amide bonds. The maximum absolute atomic E-state index is 12.2. The molecule has 0 saturated heterocycles. The van der Waals surface area contributed by atoms with Crippen molar-refractivity contribution in [1.29, 1.82) is 0 Å². The minimum atomic E-state index is 0.0481. The summed E-state index contributed by atoms with van der Waals surface area (Å²) in [6.07, 6.45) is 4.87. The van der Waals surface area contributed by atoms with Crippen LogP contribution in [0, 0.1) is 6.92 Å². The van der Waals surface area contributed by atoms with E-state index in [1.54, 1.807) is 0 Å². The van der Waals surface area contributed by atoms with Gasteiger partial charge in [0, 0.05) is 12.1 Å². The van der Waals surface area contributed by atoms with Gasteiger partial charge in [-0.3, -0.25) is 4.79 Å². The van der Waals surface area contributed by atoms with Crippen LogP contribution in [0.1, 0.15) is 40.9 Å². The summed E-state index contributed by atoms with van der Waals surface area (Å²) in [6.45, 7) is 2.75. The minimum absolute atomic E-state index is 0.0481. The number of carbonyl (C=O) groups excluding carboxylic acids is 1. The number of nitrogens with zero attached hydrogens (tertiary/aromatic N) is 1. The van der Waals surface area contributed by atoms with Crippen molar-refractivity contribution in [1.82, 2.24) is 10.2 Å². The van der Waals surface area contributed by atoms with Crippen molar-refractivity contribution in [2.24, 2.45) is 0 Å². The average molecular weight is 345 g/mol. The van der Waals surface area contributed by atoms with Crippen molar-refractivity contribution in [2.75, 3.05) is 20.6 Å². The molecule has 1 saturated carbocycles. The molecule has 0 unspecified atom stereocenters. The third-order valence-corrected chi connectivity index (χ3v) is 6.28. The largest absolute Gasteiger partial charge is 0.349 e. The van der Waals surface area contributed by atoms with Crippen molar-refractivity contribution in [3.05, 3.63) is 20.3 Å². The maximum atomic E-state index is 12.2. The summed E-state index contributed by atoms with van der Waals surface area (Å²) < 4.78 is 1.04. The second-order valence-corrected chi connectivity index (χ2v) is 7.95. The zero-order valence-corrected chi connectivity index (χ0v) is 14.2. The van der Waals surface area contributed by atoms with Crippen molar-refractivity contribution in [3.8, 4) is 0 Å². The fraction of sp³-hybridized carbons (Fsp3) is 0.643. The molecule has 19 heavy (non-hydrogen) atoms. The smallest absolute Gasteiger partial charge is 0.261 e. The van der Waals surface area contributed by atoms with E-state index in [9.17, 15) is 4.79 Å². The summed E-state index contributed by atoms with van der Waals surface area (Å²) in [4.78, 5) is 15.3. The van der Waals surface area contributed by atoms with Gasteiger partial charge in [0.15, 0.2) is 0 Å². The van der Waals surface area contributed by atoms with E-state index in [0.29, 0.717) is 0 Å². The van der Waals surface area contributed by atoms with Gasteiger partial charge >= 0.3 is 0 Å². The number of carbonyl (C=O) groups is 1. The molecule has 1 N–H and O–H groups in total. The Morgan fingerprint density at radius 2 is 2.11 bits per heavy atom. The number of thiophene rings is 1. The Labute approximate surface area is 127 Å². The average Bonchev–Trinajstić information content (AvgIpc) is 2.95. The fourth-order valence-corrected chi connectivity index (χ4v) is 4.17. The highest BCUT2D eigenvalue weighted by atomic mass is 79.9. The Bertz CT molecular complexity index is 445. The molecule has 0 spiro atoms. The van der Waals surface area contributed by atoms with E-state index in [0.717, 1.165) is 20.8 Å². The lowest BCUT2D eigenvalue weighted by atomic mass is 9.96. The number of amides is 1. The first-order chi connectivity index (χ1) is 8.94. The lowest BCUT2D eigenvalue weighted by Crippen LogP contribution is -2.50. The van der Waals surface area contributed by atoms with Crippen LogP contribution in [0.5, 0.6) is 0 Å². The Morgan fingerprint density at radius 3 is 2.58 bits per heavy atom. The number of nitrogens with one attached hydrogen (secondary N) is 1. The van der Waals surface area contributed by atoms with Crippen LogP contribution in [-0.4, -0.2) is 37.0 Å². The number of rotatable bonds is 4. The molecule has 1 fully saturated rings. The molecule has 3 nitrogen and oxygen atoms in total. The first-order valence-corrected chi connectivity index (χ1v) is 8.27. The van der Waals surface area contributed by atoms with Crippen molar-refractivity contribution >= 4 is 33.2 Å². The normalized spacial score (nSPS) is 17.9. The number of likely N-dealkylation sites (N-methyl/N-ethyl adjacent to an activating group) is 1. The fourth-order valence-electron chi connectivity index (χ4n) is 2.72. The molecule has 106 valence electrons. The van der Waals surface area contributed by atoms with Crippen LogP contribution in [-0.2, 0) is 0 Å². The van der Waals surface area contributed by atoms with E-state index in [2.05, 4.69) is 40.2 Å². The predicted octanol–water partition coefficient (Wildman–Crippen LogP) is 3.42. The molecule has 5 heteroatoms. The Morgan fingerprint density at radius 1 is 1.47 bits per heavy atom. The Balaban J connectivity index is 1.99.